The number of Topliss-reactive ketones (excluding diaryl/α,β-unsaturated/α-hetero) is 1. The summed E-state index contributed by atoms with van der Waals surface area (Å²) in [7, 11) is 1.72. The van der Waals surface area contributed by atoms with Crippen molar-refractivity contribution in [2.45, 2.75) is 24.8 Å². The van der Waals surface area contributed by atoms with Gasteiger partial charge in [-0.3, -0.25) is 19.3 Å². The van der Waals surface area contributed by atoms with E-state index in [0.717, 1.165) is 10.6 Å². The van der Waals surface area contributed by atoms with Crippen LogP contribution in [0.2, 0.25) is 0 Å². The van der Waals surface area contributed by atoms with Crippen LogP contribution >= 0.6 is 11.8 Å². The molecule has 0 aliphatic carbocycles. The molecule has 0 aromatic heterocycles. The highest BCUT2D eigenvalue weighted by Crippen LogP contribution is 2.24. The Morgan fingerprint density at radius 3 is 2.46 bits per heavy atom. The van der Waals surface area contributed by atoms with E-state index in [2.05, 4.69) is 10.6 Å². The predicted molar refractivity (Wildman–Crippen MR) is 114 cm³/mol. The lowest BCUT2D eigenvalue weighted by Crippen LogP contribution is -2.43. The molecule has 0 saturated heterocycles. The fourth-order valence-corrected chi connectivity index (χ4v) is 3.12. The summed E-state index contributed by atoms with van der Waals surface area (Å²) in [5, 5.41) is 5.68. The number of carbonyl (C=O) groups is 3. The van der Waals surface area contributed by atoms with Crippen molar-refractivity contribution in [1.82, 2.24) is 4.90 Å². The second-order valence-corrected chi connectivity index (χ2v) is 7.31. The first kappa shape index (κ1) is 21.7. The van der Waals surface area contributed by atoms with Crippen LogP contribution in [-0.2, 0) is 9.59 Å². The number of hydrogen-bond acceptors (Lipinski definition) is 5. The van der Waals surface area contributed by atoms with Crippen molar-refractivity contribution in [3.8, 4) is 0 Å². The molecule has 1 atom stereocenters. The molecule has 6 nitrogen and oxygen atoms in total. The maximum absolute atomic E-state index is 12.5. The van der Waals surface area contributed by atoms with Gasteiger partial charge in [-0.25, -0.2) is 0 Å². The monoisotopic (exact) mass is 399 g/mol. The zero-order chi connectivity index (χ0) is 20.7. The molecule has 0 bridgehead atoms. The molecule has 2 aromatic rings. The Balaban J connectivity index is 1.94. The first-order chi connectivity index (χ1) is 13.3. The molecule has 0 radical (unpaired) electrons. The molecule has 2 rings (SSSR count). The van der Waals surface area contributed by atoms with Crippen molar-refractivity contribution < 1.29 is 14.4 Å². The van der Waals surface area contributed by atoms with Gasteiger partial charge in [0.25, 0.3) is 0 Å². The number of nitrogens with one attached hydrogen (secondary N) is 2. The van der Waals surface area contributed by atoms with Crippen LogP contribution in [0.3, 0.4) is 0 Å². The number of amides is 2. The van der Waals surface area contributed by atoms with E-state index in [0.29, 0.717) is 11.3 Å². The zero-order valence-corrected chi connectivity index (χ0v) is 17.3. The Bertz CT molecular complexity index is 869. The Kier molecular flexibility index (Phi) is 7.78. The topological polar surface area (TPSA) is 78.5 Å². The third-order valence-electron chi connectivity index (χ3n) is 4.35. The normalized spacial score (nSPS) is 11.8. The van der Waals surface area contributed by atoms with Crippen molar-refractivity contribution >= 4 is 40.7 Å². The first-order valence-corrected chi connectivity index (χ1v) is 10.1. The lowest BCUT2D eigenvalue weighted by atomic mass is 10.1. The number of hydrogen-bond donors (Lipinski definition) is 2. The van der Waals surface area contributed by atoms with Crippen molar-refractivity contribution in [3.05, 3.63) is 54.1 Å². The molecule has 2 aromatic carbocycles. The van der Waals surface area contributed by atoms with Gasteiger partial charge in [0, 0.05) is 16.1 Å². The molecule has 0 aliphatic rings. The predicted octanol–water partition coefficient (Wildman–Crippen LogP) is 3.51. The first-order valence-electron chi connectivity index (χ1n) is 8.86. The average Bonchev–Trinajstić information content (AvgIpc) is 2.67. The van der Waals surface area contributed by atoms with E-state index in [1.165, 1.54) is 6.92 Å². The highest BCUT2D eigenvalue weighted by atomic mass is 32.2. The number of likely N-dealkylation sites (N-methyl/N-ethyl adjacent to an activating group) is 1. The summed E-state index contributed by atoms with van der Waals surface area (Å²) in [4.78, 5) is 39.0. The fourth-order valence-electron chi connectivity index (χ4n) is 2.56. The second-order valence-electron chi connectivity index (χ2n) is 6.47. The number of rotatable bonds is 8. The number of benzene rings is 2. The van der Waals surface area contributed by atoms with Crippen LogP contribution in [0.1, 0.15) is 24.2 Å². The smallest absolute Gasteiger partial charge is 0.241 e. The summed E-state index contributed by atoms with van der Waals surface area (Å²) in [6.07, 6.45) is 1.95. The minimum absolute atomic E-state index is 0.0662. The van der Waals surface area contributed by atoms with E-state index in [1.54, 1.807) is 54.9 Å². The largest absolute Gasteiger partial charge is 0.325 e. The van der Waals surface area contributed by atoms with E-state index in [9.17, 15) is 14.4 Å². The maximum Gasteiger partial charge on any atom is 0.241 e. The van der Waals surface area contributed by atoms with Crippen LogP contribution in [0.25, 0.3) is 0 Å². The molecule has 0 fully saturated rings. The number of anilines is 2. The van der Waals surface area contributed by atoms with E-state index >= 15 is 0 Å². The molecule has 0 heterocycles. The Hall–Kier alpha value is -2.64. The molecule has 0 spiro atoms. The molecule has 0 aliphatic heterocycles. The molecule has 148 valence electrons. The van der Waals surface area contributed by atoms with Crippen LogP contribution < -0.4 is 10.6 Å². The molecular formula is C21H25N3O3S. The van der Waals surface area contributed by atoms with Crippen LogP contribution in [-0.4, -0.2) is 48.4 Å². The van der Waals surface area contributed by atoms with Gasteiger partial charge in [0.05, 0.1) is 18.3 Å². The van der Waals surface area contributed by atoms with Crippen LogP contribution in [0.5, 0.6) is 0 Å². The van der Waals surface area contributed by atoms with E-state index < -0.39 is 6.04 Å². The van der Waals surface area contributed by atoms with Crippen LogP contribution in [0.4, 0.5) is 11.4 Å². The third-order valence-corrected chi connectivity index (χ3v) is 5.15. The summed E-state index contributed by atoms with van der Waals surface area (Å²) in [6, 6.07) is 13.8. The number of nitrogens with zero attached hydrogens (tertiary/aromatic N) is 1. The highest BCUT2D eigenvalue weighted by Gasteiger charge is 2.21. The molecular weight excluding hydrogens is 374 g/mol. The minimum Gasteiger partial charge on any atom is -0.325 e. The molecule has 7 heteroatoms. The fraction of sp³-hybridized carbons (Fsp3) is 0.286. The highest BCUT2D eigenvalue weighted by molar-refractivity contribution is 7.98. The second kappa shape index (κ2) is 10.1. The number of carbonyl (C=O) groups excluding carboxylic acids is 3. The molecule has 0 unspecified atom stereocenters. The Morgan fingerprint density at radius 1 is 1.07 bits per heavy atom. The zero-order valence-electron chi connectivity index (χ0n) is 16.5. The Morgan fingerprint density at radius 2 is 1.79 bits per heavy atom. The summed E-state index contributed by atoms with van der Waals surface area (Å²) < 4.78 is 0. The number of para-hydroxylation sites is 1. The summed E-state index contributed by atoms with van der Waals surface area (Å²) >= 11 is 1.56. The van der Waals surface area contributed by atoms with Crippen LogP contribution in [0.15, 0.2) is 53.4 Å². The molecule has 0 saturated carbocycles. The van der Waals surface area contributed by atoms with Gasteiger partial charge in [0.1, 0.15) is 0 Å². The Labute approximate surface area is 169 Å². The molecule has 2 N–H and O–H groups in total. The van der Waals surface area contributed by atoms with E-state index in [-0.39, 0.29) is 24.1 Å². The van der Waals surface area contributed by atoms with Gasteiger partial charge in [-0.05, 0) is 51.4 Å². The quantitative estimate of drug-likeness (QED) is 0.525. The minimum atomic E-state index is -0.525. The van der Waals surface area contributed by atoms with Gasteiger partial charge in [0.15, 0.2) is 5.78 Å². The summed E-state index contributed by atoms with van der Waals surface area (Å²) in [5.41, 5.74) is 1.84. The van der Waals surface area contributed by atoms with Gasteiger partial charge >= 0.3 is 0 Å². The van der Waals surface area contributed by atoms with Gasteiger partial charge in [-0.1, -0.05) is 24.3 Å². The lowest BCUT2D eigenvalue weighted by Gasteiger charge is -2.23. The standard InChI is InChI=1S/C21H25N3O3S/c1-14(21(27)22-17-9-7-8-16(12-17)15(2)25)24(3)13-20(26)23-18-10-5-6-11-19(18)28-4/h5-12,14H,13H2,1-4H3,(H,22,27)(H,23,26)/t14-/m0/s1. The third kappa shape index (κ3) is 5.94. The van der Waals surface area contributed by atoms with Gasteiger partial charge < -0.3 is 10.6 Å². The van der Waals surface area contributed by atoms with Gasteiger partial charge in [-0.15, -0.1) is 11.8 Å². The lowest BCUT2D eigenvalue weighted by molar-refractivity contribution is -0.122. The SMILES string of the molecule is CSc1ccccc1NC(=O)CN(C)[C@@H](C)C(=O)Nc1cccc(C(C)=O)c1. The number of ketones is 1. The maximum atomic E-state index is 12.5. The van der Waals surface area contributed by atoms with E-state index in [1.807, 2.05) is 30.5 Å². The van der Waals surface area contributed by atoms with Crippen molar-refractivity contribution in [2.75, 3.05) is 30.5 Å². The van der Waals surface area contributed by atoms with Crippen molar-refractivity contribution in [2.24, 2.45) is 0 Å². The van der Waals surface area contributed by atoms with Gasteiger partial charge in [0.2, 0.25) is 11.8 Å². The van der Waals surface area contributed by atoms with Gasteiger partial charge in [-0.2, -0.15) is 0 Å². The van der Waals surface area contributed by atoms with E-state index in [4.69, 9.17) is 0 Å². The average molecular weight is 400 g/mol. The summed E-state index contributed by atoms with van der Waals surface area (Å²) in [5.74, 6) is -0.508. The van der Waals surface area contributed by atoms with Crippen molar-refractivity contribution in [1.29, 1.82) is 0 Å². The summed E-state index contributed by atoms with van der Waals surface area (Å²) in [6.45, 7) is 3.28. The molecule has 2 amide bonds. The number of thioether (sulfide) groups is 1. The van der Waals surface area contributed by atoms with Crippen LogP contribution in [0, 0.1) is 0 Å². The van der Waals surface area contributed by atoms with Crippen molar-refractivity contribution in [3.63, 3.8) is 0 Å². The molecule has 28 heavy (non-hydrogen) atoms.